The van der Waals surface area contributed by atoms with Gasteiger partial charge in [-0.3, -0.25) is 4.79 Å². The lowest BCUT2D eigenvalue weighted by Gasteiger charge is -2.40. The average molecular weight is 370 g/mol. The van der Waals surface area contributed by atoms with Gasteiger partial charge in [0.2, 0.25) is 5.91 Å². The summed E-state index contributed by atoms with van der Waals surface area (Å²) in [6, 6.07) is 7.85. The minimum atomic E-state index is -0.399. The largest absolute Gasteiger partial charge is 0.335 e. The number of piperazine rings is 1. The zero-order valence-corrected chi connectivity index (χ0v) is 16.5. The number of urea groups is 1. The molecule has 0 aromatic heterocycles. The zero-order chi connectivity index (χ0) is 19.0. The molecule has 3 aliphatic rings. The van der Waals surface area contributed by atoms with E-state index in [1.807, 2.05) is 11.8 Å². The van der Waals surface area contributed by atoms with Crippen molar-refractivity contribution >= 4 is 11.9 Å². The number of hydrogen-bond acceptors (Lipinski definition) is 2. The molecule has 2 saturated carbocycles. The molecule has 0 unspecified atom stereocenters. The first-order valence-electron chi connectivity index (χ1n) is 10.4. The molecule has 2 aliphatic carbocycles. The number of amides is 3. The van der Waals surface area contributed by atoms with E-state index in [0.717, 1.165) is 18.4 Å². The van der Waals surface area contributed by atoms with E-state index in [2.05, 4.69) is 36.5 Å². The van der Waals surface area contributed by atoms with E-state index in [-0.39, 0.29) is 17.5 Å². The summed E-state index contributed by atoms with van der Waals surface area (Å²) < 4.78 is 0. The molecule has 3 amide bonds. The topological polar surface area (TPSA) is 52.6 Å². The summed E-state index contributed by atoms with van der Waals surface area (Å²) in [5.74, 6) is 0.679. The molecule has 146 valence electrons. The van der Waals surface area contributed by atoms with Gasteiger partial charge in [0.25, 0.3) is 0 Å². The van der Waals surface area contributed by atoms with Crippen molar-refractivity contribution in [2.45, 2.75) is 70.5 Å². The number of nitrogens with one attached hydrogen (secondary N) is 1. The van der Waals surface area contributed by atoms with E-state index in [1.54, 1.807) is 4.90 Å². The van der Waals surface area contributed by atoms with Crippen LogP contribution in [0.2, 0.25) is 0 Å². The number of rotatable bonds is 4. The number of benzene rings is 1. The van der Waals surface area contributed by atoms with Gasteiger partial charge in [-0.05, 0) is 51.0 Å². The zero-order valence-electron chi connectivity index (χ0n) is 16.5. The molecule has 3 fully saturated rings. The molecule has 0 spiro atoms. The van der Waals surface area contributed by atoms with Crippen LogP contribution in [0.25, 0.3) is 0 Å². The molecule has 0 bridgehead atoms. The van der Waals surface area contributed by atoms with Crippen LogP contribution in [0.5, 0.6) is 0 Å². The van der Waals surface area contributed by atoms with Gasteiger partial charge in [-0.1, -0.05) is 42.7 Å². The molecule has 1 aromatic rings. The fraction of sp³-hybridized carbons (Fsp3) is 0.636. The maximum absolute atomic E-state index is 12.9. The first-order valence-corrected chi connectivity index (χ1v) is 10.4. The Bertz CT molecular complexity index is 705. The number of carbonyl (C=O) groups is 2. The molecule has 5 nitrogen and oxygen atoms in total. The average Bonchev–Trinajstić information content (AvgIpc) is 3.21. The number of nitrogens with zero attached hydrogens (tertiary/aromatic N) is 2. The second kappa shape index (κ2) is 7.17. The van der Waals surface area contributed by atoms with E-state index in [0.29, 0.717) is 25.6 Å². The van der Waals surface area contributed by atoms with Gasteiger partial charge in [0.1, 0.15) is 6.04 Å². The van der Waals surface area contributed by atoms with E-state index in [9.17, 15) is 9.59 Å². The Morgan fingerprint density at radius 3 is 2.44 bits per heavy atom. The van der Waals surface area contributed by atoms with Crippen LogP contribution in [0.15, 0.2) is 24.3 Å². The van der Waals surface area contributed by atoms with E-state index in [1.165, 1.54) is 31.2 Å². The van der Waals surface area contributed by atoms with Crippen molar-refractivity contribution in [2.24, 2.45) is 5.92 Å². The molecule has 1 atom stereocenters. The van der Waals surface area contributed by atoms with Gasteiger partial charge in [0, 0.05) is 25.2 Å². The molecule has 1 saturated heterocycles. The van der Waals surface area contributed by atoms with Crippen LogP contribution in [0.4, 0.5) is 4.79 Å². The maximum Gasteiger partial charge on any atom is 0.318 e. The molecular weight excluding hydrogens is 338 g/mol. The van der Waals surface area contributed by atoms with E-state index in [4.69, 9.17) is 0 Å². The summed E-state index contributed by atoms with van der Waals surface area (Å²) >= 11 is 0. The quantitative estimate of drug-likeness (QED) is 0.884. The molecule has 27 heavy (non-hydrogen) atoms. The molecule has 0 radical (unpaired) electrons. The summed E-state index contributed by atoms with van der Waals surface area (Å²) in [5.41, 5.74) is 2.38. The van der Waals surface area contributed by atoms with Gasteiger partial charge in [-0.2, -0.15) is 0 Å². The summed E-state index contributed by atoms with van der Waals surface area (Å²) in [5, 5.41) is 3.32. The summed E-state index contributed by atoms with van der Waals surface area (Å²) in [6.45, 7) is 5.74. The normalized spacial score (nSPS) is 25.0. The van der Waals surface area contributed by atoms with Crippen molar-refractivity contribution in [3.63, 3.8) is 0 Å². The van der Waals surface area contributed by atoms with E-state index < -0.39 is 6.04 Å². The predicted octanol–water partition coefficient (Wildman–Crippen LogP) is 3.46. The van der Waals surface area contributed by atoms with Crippen molar-refractivity contribution in [1.82, 2.24) is 15.1 Å². The van der Waals surface area contributed by atoms with Crippen LogP contribution in [-0.2, 0) is 11.3 Å². The lowest BCUT2D eigenvalue weighted by molar-refractivity contribution is -0.140. The maximum atomic E-state index is 12.9. The van der Waals surface area contributed by atoms with Crippen LogP contribution in [-0.4, -0.2) is 46.4 Å². The van der Waals surface area contributed by atoms with Crippen LogP contribution < -0.4 is 5.32 Å². The Kier molecular flexibility index (Phi) is 4.87. The molecular formula is C22H31N3O2. The van der Waals surface area contributed by atoms with Crippen molar-refractivity contribution in [3.8, 4) is 0 Å². The molecule has 1 aliphatic heterocycles. The van der Waals surface area contributed by atoms with Crippen molar-refractivity contribution in [1.29, 1.82) is 0 Å². The van der Waals surface area contributed by atoms with Crippen molar-refractivity contribution in [3.05, 3.63) is 35.4 Å². The number of aryl methyl sites for hydroxylation is 1. The fourth-order valence-corrected chi connectivity index (χ4v) is 4.81. The highest BCUT2D eigenvalue weighted by atomic mass is 16.2. The Balaban J connectivity index is 1.36. The minimum absolute atomic E-state index is 0.0232. The van der Waals surface area contributed by atoms with Crippen molar-refractivity contribution in [2.75, 3.05) is 13.1 Å². The van der Waals surface area contributed by atoms with Gasteiger partial charge in [-0.15, -0.1) is 0 Å². The first-order chi connectivity index (χ1) is 13.0. The molecule has 1 N–H and O–H groups in total. The van der Waals surface area contributed by atoms with Gasteiger partial charge in [-0.25, -0.2) is 4.79 Å². The smallest absolute Gasteiger partial charge is 0.318 e. The highest BCUT2D eigenvalue weighted by molar-refractivity contribution is 5.88. The molecule has 5 heteroatoms. The van der Waals surface area contributed by atoms with Crippen molar-refractivity contribution < 1.29 is 9.59 Å². The van der Waals surface area contributed by atoms with Crippen LogP contribution in [0.3, 0.4) is 0 Å². The summed E-state index contributed by atoms with van der Waals surface area (Å²) in [4.78, 5) is 29.4. The lowest BCUT2D eigenvalue weighted by atomic mass is 9.95. The lowest BCUT2D eigenvalue weighted by Crippen LogP contribution is -2.61. The predicted molar refractivity (Wildman–Crippen MR) is 105 cm³/mol. The molecule has 1 heterocycles. The van der Waals surface area contributed by atoms with E-state index >= 15 is 0 Å². The second-order valence-electron chi connectivity index (χ2n) is 8.68. The Labute approximate surface area is 162 Å². The van der Waals surface area contributed by atoms with Crippen LogP contribution in [0.1, 0.15) is 56.6 Å². The minimum Gasteiger partial charge on any atom is -0.335 e. The molecule has 1 aromatic carbocycles. The SMILES string of the molecule is Cc1ccc(CN2CCN(C(=O)NC3(C4CCCC4)CC3)[C@@H](C)C2=O)cc1. The Morgan fingerprint density at radius 1 is 1.15 bits per heavy atom. The van der Waals surface area contributed by atoms with Crippen LogP contribution >= 0.6 is 0 Å². The number of carbonyl (C=O) groups excluding carboxylic acids is 2. The summed E-state index contributed by atoms with van der Waals surface area (Å²) in [7, 11) is 0. The third-order valence-electron chi connectivity index (χ3n) is 6.78. The van der Waals surface area contributed by atoms with Gasteiger partial charge < -0.3 is 15.1 Å². The number of hydrogen-bond donors (Lipinski definition) is 1. The fourth-order valence-electron chi connectivity index (χ4n) is 4.81. The second-order valence-corrected chi connectivity index (χ2v) is 8.68. The third kappa shape index (κ3) is 3.69. The molecule has 4 rings (SSSR count). The highest BCUT2D eigenvalue weighted by Crippen LogP contribution is 2.49. The Morgan fingerprint density at radius 2 is 1.81 bits per heavy atom. The standard InChI is InChI=1S/C22H31N3O2/c1-16-7-9-18(10-8-16)15-24-13-14-25(17(2)20(24)26)21(27)23-22(11-12-22)19-5-3-4-6-19/h7-10,17,19H,3-6,11-15H2,1-2H3,(H,23,27)/t17-/m0/s1. The monoisotopic (exact) mass is 369 g/mol. The summed E-state index contributed by atoms with van der Waals surface area (Å²) in [6.07, 6.45) is 7.24. The first kappa shape index (κ1) is 18.3. The highest BCUT2D eigenvalue weighted by Gasteiger charge is 2.52. The van der Waals surface area contributed by atoms with Gasteiger partial charge in [0.05, 0.1) is 0 Å². The van der Waals surface area contributed by atoms with Gasteiger partial charge >= 0.3 is 6.03 Å². The third-order valence-corrected chi connectivity index (χ3v) is 6.78. The van der Waals surface area contributed by atoms with Gasteiger partial charge in [0.15, 0.2) is 0 Å². The van der Waals surface area contributed by atoms with Crippen LogP contribution in [0, 0.1) is 12.8 Å². The Hall–Kier alpha value is -2.04.